The van der Waals surface area contributed by atoms with E-state index < -0.39 is 0 Å². The van der Waals surface area contributed by atoms with Crippen LogP contribution in [0.25, 0.3) is 10.9 Å². The van der Waals surface area contributed by atoms with Crippen molar-refractivity contribution in [1.29, 1.82) is 0 Å². The monoisotopic (exact) mass is 321 g/mol. The maximum atomic E-state index is 12.3. The van der Waals surface area contributed by atoms with E-state index in [2.05, 4.69) is 47.2 Å². The fourth-order valence-corrected chi connectivity index (χ4v) is 2.95. The van der Waals surface area contributed by atoms with Crippen molar-refractivity contribution in [2.24, 2.45) is 0 Å². The molecule has 4 heteroatoms. The van der Waals surface area contributed by atoms with Crippen molar-refractivity contribution < 1.29 is 4.79 Å². The second-order valence-corrected chi connectivity index (χ2v) is 5.84. The minimum Gasteiger partial charge on any atom is -0.372 e. The summed E-state index contributed by atoms with van der Waals surface area (Å²) in [5.74, 6) is 0.000440. The van der Waals surface area contributed by atoms with Gasteiger partial charge >= 0.3 is 0 Å². The van der Waals surface area contributed by atoms with Gasteiger partial charge in [0.2, 0.25) is 5.91 Å². The molecule has 24 heavy (non-hydrogen) atoms. The molecule has 2 N–H and O–H groups in total. The second-order valence-electron chi connectivity index (χ2n) is 5.84. The number of nitrogens with one attached hydrogen (secondary N) is 2. The molecular formula is C20H23N3O. The van der Waals surface area contributed by atoms with Gasteiger partial charge in [-0.15, -0.1) is 0 Å². The van der Waals surface area contributed by atoms with Crippen LogP contribution in [0.1, 0.15) is 19.4 Å². The van der Waals surface area contributed by atoms with Crippen LogP contribution in [0.4, 0.5) is 11.4 Å². The molecule has 0 bridgehead atoms. The van der Waals surface area contributed by atoms with E-state index in [0.29, 0.717) is 6.42 Å². The van der Waals surface area contributed by atoms with Gasteiger partial charge in [0.25, 0.3) is 0 Å². The van der Waals surface area contributed by atoms with E-state index in [4.69, 9.17) is 0 Å². The number of aromatic nitrogens is 1. The van der Waals surface area contributed by atoms with Crippen molar-refractivity contribution >= 4 is 28.2 Å². The SMILES string of the molecule is CCN(CC)c1ccc(NC(=O)Cc2ccc3[nH]ccc3c2)cc1. The highest BCUT2D eigenvalue weighted by Gasteiger charge is 2.06. The first kappa shape index (κ1) is 16.1. The van der Waals surface area contributed by atoms with Crippen molar-refractivity contribution in [1.82, 2.24) is 4.98 Å². The lowest BCUT2D eigenvalue weighted by Crippen LogP contribution is -2.21. The van der Waals surface area contributed by atoms with Crippen LogP contribution in [-0.2, 0) is 11.2 Å². The van der Waals surface area contributed by atoms with E-state index in [1.165, 1.54) is 5.69 Å². The van der Waals surface area contributed by atoms with Gasteiger partial charge in [-0.1, -0.05) is 6.07 Å². The molecule has 1 heterocycles. The molecule has 2 aromatic carbocycles. The summed E-state index contributed by atoms with van der Waals surface area (Å²) in [6, 6.07) is 16.1. The smallest absolute Gasteiger partial charge is 0.228 e. The average Bonchev–Trinajstić information content (AvgIpc) is 3.05. The summed E-state index contributed by atoms with van der Waals surface area (Å²) in [5.41, 5.74) is 4.11. The number of amides is 1. The molecule has 0 spiro atoms. The number of nitrogens with zero attached hydrogens (tertiary/aromatic N) is 1. The van der Waals surface area contributed by atoms with Crippen molar-refractivity contribution in [3.8, 4) is 0 Å². The summed E-state index contributed by atoms with van der Waals surface area (Å²) in [4.78, 5) is 17.7. The van der Waals surface area contributed by atoms with E-state index in [1.54, 1.807) is 0 Å². The molecule has 4 nitrogen and oxygen atoms in total. The lowest BCUT2D eigenvalue weighted by molar-refractivity contribution is -0.115. The molecule has 0 fully saturated rings. The fraction of sp³-hybridized carbons (Fsp3) is 0.250. The molecule has 0 atom stereocenters. The Morgan fingerprint density at radius 3 is 2.50 bits per heavy atom. The number of aromatic amines is 1. The molecule has 0 aliphatic carbocycles. The van der Waals surface area contributed by atoms with Gasteiger partial charge < -0.3 is 15.2 Å². The van der Waals surface area contributed by atoms with Gasteiger partial charge in [0, 0.05) is 36.2 Å². The molecule has 1 aromatic heterocycles. The highest BCUT2D eigenvalue weighted by atomic mass is 16.1. The first-order valence-corrected chi connectivity index (χ1v) is 8.40. The van der Waals surface area contributed by atoms with Crippen LogP contribution in [0.2, 0.25) is 0 Å². The van der Waals surface area contributed by atoms with Crippen LogP contribution in [0.15, 0.2) is 54.7 Å². The number of hydrogen-bond donors (Lipinski definition) is 2. The van der Waals surface area contributed by atoms with Crippen LogP contribution in [0.3, 0.4) is 0 Å². The zero-order valence-electron chi connectivity index (χ0n) is 14.2. The van der Waals surface area contributed by atoms with Crippen molar-refractivity contribution in [3.63, 3.8) is 0 Å². The fourth-order valence-electron chi connectivity index (χ4n) is 2.95. The minimum atomic E-state index is 0.000440. The lowest BCUT2D eigenvalue weighted by atomic mass is 10.1. The molecule has 124 valence electrons. The number of fused-ring (bicyclic) bond motifs is 1. The Labute approximate surface area is 142 Å². The minimum absolute atomic E-state index is 0.000440. The number of rotatable bonds is 6. The normalized spacial score (nSPS) is 10.8. The van der Waals surface area contributed by atoms with Crippen molar-refractivity contribution in [2.45, 2.75) is 20.3 Å². The van der Waals surface area contributed by atoms with Gasteiger partial charge in [-0.2, -0.15) is 0 Å². The summed E-state index contributed by atoms with van der Waals surface area (Å²) >= 11 is 0. The van der Waals surface area contributed by atoms with Gasteiger partial charge in [0.15, 0.2) is 0 Å². The van der Waals surface area contributed by atoms with Crippen LogP contribution in [-0.4, -0.2) is 24.0 Å². The Kier molecular flexibility index (Phi) is 4.85. The highest BCUT2D eigenvalue weighted by molar-refractivity contribution is 5.93. The molecule has 3 rings (SSSR count). The molecular weight excluding hydrogens is 298 g/mol. The second kappa shape index (κ2) is 7.21. The Bertz CT molecular complexity index is 816. The van der Waals surface area contributed by atoms with E-state index in [-0.39, 0.29) is 5.91 Å². The van der Waals surface area contributed by atoms with Gasteiger partial charge in [0.05, 0.1) is 6.42 Å². The summed E-state index contributed by atoms with van der Waals surface area (Å²) in [7, 11) is 0. The lowest BCUT2D eigenvalue weighted by Gasteiger charge is -2.21. The third kappa shape index (κ3) is 3.59. The molecule has 3 aromatic rings. The molecule has 0 aliphatic rings. The average molecular weight is 321 g/mol. The van der Waals surface area contributed by atoms with Crippen LogP contribution in [0, 0.1) is 0 Å². The Hall–Kier alpha value is -2.75. The van der Waals surface area contributed by atoms with Crippen LogP contribution >= 0.6 is 0 Å². The largest absolute Gasteiger partial charge is 0.372 e. The van der Waals surface area contributed by atoms with Gasteiger partial charge in [-0.05, 0) is 67.3 Å². The topological polar surface area (TPSA) is 48.1 Å². The van der Waals surface area contributed by atoms with Gasteiger partial charge in [-0.3, -0.25) is 4.79 Å². The molecule has 0 saturated carbocycles. The Morgan fingerprint density at radius 1 is 1.04 bits per heavy atom. The standard InChI is InChI=1S/C20H23N3O/c1-3-23(4-2)18-8-6-17(7-9-18)22-20(24)14-15-5-10-19-16(13-15)11-12-21-19/h5-13,21H,3-4,14H2,1-2H3,(H,22,24). The molecule has 0 saturated heterocycles. The van der Waals surface area contributed by atoms with Crippen molar-refractivity contribution in [3.05, 3.63) is 60.3 Å². The highest BCUT2D eigenvalue weighted by Crippen LogP contribution is 2.19. The number of benzene rings is 2. The van der Waals surface area contributed by atoms with Gasteiger partial charge in [0.1, 0.15) is 0 Å². The van der Waals surface area contributed by atoms with E-state index in [9.17, 15) is 4.79 Å². The number of carbonyl (C=O) groups is 1. The Morgan fingerprint density at radius 2 is 1.79 bits per heavy atom. The summed E-state index contributed by atoms with van der Waals surface area (Å²) in [6.45, 7) is 6.23. The van der Waals surface area contributed by atoms with E-state index in [1.807, 2.05) is 36.5 Å². The van der Waals surface area contributed by atoms with Gasteiger partial charge in [-0.25, -0.2) is 0 Å². The summed E-state index contributed by atoms with van der Waals surface area (Å²) in [6.07, 6.45) is 2.28. The van der Waals surface area contributed by atoms with Crippen molar-refractivity contribution in [2.75, 3.05) is 23.3 Å². The zero-order chi connectivity index (χ0) is 16.9. The van der Waals surface area contributed by atoms with E-state index in [0.717, 1.165) is 35.2 Å². The molecule has 0 aliphatic heterocycles. The van der Waals surface area contributed by atoms with Crippen LogP contribution < -0.4 is 10.2 Å². The predicted octanol–water partition coefficient (Wildman–Crippen LogP) is 4.20. The summed E-state index contributed by atoms with van der Waals surface area (Å²) in [5, 5.41) is 4.10. The number of H-pyrrole nitrogens is 1. The first-order valence-electron chi connectivity index (χ1n) is 8.40. The number of anilines is 2. The molecule has 1 amide bonds. The quantitative estimate of drug-likeness (QED) is 0.715. The maximum absolute atomic E-state index is 12.3. The predicted molar refractivity (Wildman–Crippen MR) is 101 cm³/mol. The molecule has 0 radical (unpaired) electrons. The zero-order valence-corrected chi connectivity index (χ0v) is 14.2. The third-order valence-corrected chi connectivity index (χ3v) is 4.26. The Balaban J connectivity index is 1.63. The van der Waals surface area contributed by atoms with Crippen LogP contribution in [0.5, 0.6) is 0 Å². The third-order valence-electron chi connectivity index (χ3n) is 4.26. The summed E-state index contributed by atoms with van der Waals surface area (Å²) < 4.78 is 0. The molecule has 0 unspecified atom stereocenters. The first-order chi connectivity index (χ1) is 11.7. The number of hydrogen-bond acceptors (Lipinski definition) is 2. The van der Waals surface area contributed by atoms with E-state index >= 15 is 0 Å². The number of carbonyl (C=O) groups excluding carboxylic acids is 1. The maximum Gasteiger partial charge on any atom is 0.228 e.